The van der Waals surface area contributed by atoms with E-state index in [2.05, 4.69) is 23.2 Å². The van der Waals surface area contributed by atoms with Crippen LogP contribution in [-0.2, 0) is 12.8 Å². The van der Waals surface area contributed by atoms with Crippen molar-refractivity contribution in [1.29, 1.82) is 0 Å². The molecule has 1 unspecified atom stereocenters. The first-order chi connectivity index (χ1) is 8.26. The van der Waals surface area contributed by atoms with Crippen LogP contribution in [0.4, 0.5) is 0 Å². The molecular weight excluding hydrogens is 252 g/mol. The Balaban J connectivity index is 1.95. The van der Waals surface area contributed by atoms with Crippen LogP contribution >= 0.6 is 23.6 Å². The Kier molecular flexibility index (Phi) is 2.88. The summed E-state index contributed by atoms with van der Waals surface area (Å²) in [4.78, 5) is 2.94. The predicted molar refractivity (Wildman–Crippen MR) is 70.8 cm³/mol. The Bertz CT molecular complexity index is 581. The molecule has 0 saturated carbocycles. The van der Waals surface area contributed by atoms with Gasteiger partial charge in [-0.15, -0.1) is 16.4 Å². The van der Waals surface area contributed by atoms with Crippen molar-refractivity contribution in [2.45, 2.75) is 32.6 Å². The number of hydrogen-bond donors (Lipinski definition) is 1. The number of nitrogens with zero attached hydrogens (tertiary/aromatic N) is 1. The number of aryl methyl sites for hydroxylation is 1. The molecule has 17 heavy (non-hydrogen) atoms. The molecule has 3 rings (SSSR count). The molecule has 1 aliphatic carbocycles. The lowest BCUT2D eigenvalue weighted by molar-refractivity contribution is 0.449. The van der Waals surface area contributed by atoms with E-state index >= 15 is 0 Å². The Hall–Kier alpha value is -0.940. The second-order valence-corrected chi connectivity index (χ2v) is 6.00. The second kappa shape index (κ2) is 4.38. The number of H-pyrrole nitrogens is 1. The van der Waals surface area contributed by atoms with E-state index in [0.29, 0.717) is 10.7 Å². The molecule has 2 aromatic rings. The SMILES string of the molecule is CCC1CCc2sc(-c3n[nH]c(=S)o3)cc2C1. The van der Waals surface area contributed by atoms with Crippen molar-refractivity contribution in [3.05, 3.63) is 21.3 Å². The second-order valence-electron chi connectivity index (χ2n) is 4.49. The molecule has 2 aromatic heterocycles. The molecule has 0 aromatic carbocycles. The monoisotopic (exact) mass is 266 g/mol. The Morgan fingerprint density at radius 3 is 3.24 bits per heavy atom. The highest BCUT2D eigenvalue weighted by atomic mass is 32.1. The van der Waals surface area contributed by atoms with Gasteiger partial charge in [-0.05, 0) is 49.0 Å². The zero-order valence-corrected chi connectivity index (χ0v) is 11.3. The van der Waals surface area contributed by atoms with Gasteiger partial charge >= 0.3 is 0 Å². The molecule has 3 nitrogen and oxygen atoms in total. The van der Waals surface area contributed by atoms with Crippen molar-refractivity contribution in [2.75, 3.05) is 0 Å². The normalized spacial score (nSPS) is 19.2. The number of thiophene rings is 1. The molecule has 0 aliphatic heterocycles. The van der Waals surface area contributed by atoms with Crippen LogP contribution in [0, 0.1) is 10.8 Å². The first-order valence-corrected chi connectivity index (χ1v) is 7.16. The zero-order valence-electron chi connectivity index (χ0n) is 9.66. The van der Waals surface area contributed by atoms with E-state index in [-0.39, 0.29) is 0 Å². The minimum absolute atomic E-state index is 0.345. The van der Waals surface area contributed by atoms with Crippen molar-refractivity contribution in [3.8, 4) is 10.8 Å². The van der Waals surface area contributed by atoms with E-state index < -0.39 is 0 Å². The third kappa shape index (κ3) is 2.09. The maximum atomic E-state index is 5.36. The fraction of sp³-hybridized carbons (Fsp3) is 0.500. The van der Waals surface area contributed by atoms with Gasteiger partial charge in [0, 0.05) is 4.88 Å². The van der Waals surface area contributed by atoms with E-state index in [1.165, 1.54) is 36.1 Å². The summed E-state index contributed by atoms with van der Waals surface area (Å²) >= 11 is 6.69. The van der Waals surface area contributed by atoms with Crippen molar-refractivity contribution in [2.24, 2.45) is 5.92 Å². The van der Waals surface area contributed by atoms with Gasteiger partial charge < -0.3 is 4.42 Å². The molecule has 5 heteroatoms. The maximum Gasteiger partial charge on any atom is 0.284 e. The first kappa shape index (κ1) is 11.2. The predicted octanol–water partition coefficient (Wildman–Crippen LogP) is 3.98. The fourth-order valence-corrected chi connectivity index (χ4v) is 3.65. The van der Waals surface area contributed by atoms with Gasteiger partial charge in [0.1, 0.15) is 0 Å². The van der Waals surface area contributed by atoms with Crippen molar-refractivity contribution >= 4 is 23.6 Å². The summed E-state index contributed by atoms with van der Waals surface area (Å²) in [6, 6.07) is 2.22. The summed E-state index contributed by atoms with van der Waals surface area (Å²) in [5.41, 5.74) is 1.48. The molecule has 1 atom stereocenters. The van der Waals surface area contributed by atoms with E-state index in [1.807, 2.05) is 0 Å². The summed E-state index contributed by atoms with van der Waals surface area (Å²) < 4.78 is 5.36. The number of aromatic nitrogens is 2. The quantitative estimate of drug-likeness (QED) is 0.836. The lowest BCUT2D eigenvalue weighted by Gasteiger charge is -2.19. The van der Waals surface area contributed by atoms with Gasteiger partial charge in [-0.25, -0.2) is 5.10 Å². The van der Waals surface area contributed by atoms with E-state index in [1.54, 1.807) is 11.3 Å². The van der Waals surface area contributed by atoms with E-state index in [0.717, 1.165) is 10.8 Å². The Morgan fingerprint density at radius 1 is 1.65 bits per heavy atom. The molecular formula is C12H14N2OS2. The van der Waals surface area contributed by atoms with Gasteiger partial charge in [0.2, 0.25) is 0 Å². The molecule has 0 amide bonds. The number of rotatable bonds is 2. The number of nitrogens with one attached hydrogen (secondary N) is 1. The standard InChI is InChI=1S/C12H14N2OS2/c1-2-7-3-4-9-8(5-7)6-10(17-9)11-13-14-12(16)15-11/h6-7H,2-5H2,1H3,(H,14,16). The van der Waals surface area contributed by atoms with Crippen LogP contribution in [0.2, 0.25) is 0 Å². The summed E-state index contributed by atoms with van der Waals surface area (Å²) in [6.45, 7) is 2.27. The first-order valence-electron chi connectivity index (χ1n) is 5.93. The number of aromatic amines is 1. The van der Waals surface area contributed by atoms with Gasteiger partial charge in [0.15, 0.2) is 0 Å². The Labute approximate surface area is 109 Å². The van der Waals surface area contributed by atoms with Crippen molar-refractivity contribution in [1.82, 2.24) is 10.2 Å². The molecule has 0 radical (unpaired) electrons. The highest BCUT2D eigenvalue weighted by Gasteiger charge is 2.21. The van der Waals surface area contributed by atoms with Crippen LogP contribution in [-0.4, -0.2) is 10.2 Å². The van der Waals surface area contributed by atoms with Gasteiger partial charge in [0.25, 0.3) is 10.7 Å². The topological polar surface area (TPSA) is 41.8 Å². The molecule has 90 valence electrons. The third-order valence-corrected chi connectivity index (χ3v) is 4.81. The van der Waals surface area contributed by atoms with Crippen LogP contribution in [0.5, 0.6) is 0 Å². The molecule has 0 bridgehead atoms. The van der Waals surface area contributed by atoms with Crippen molar-refractivity contribution < 1.29 is 4.42 Å². The largest absolute Gasteiger partial charge is 0.408 e. The average molecular weight is 266 g/mol. The van der Waals surface area contributed by atoms with Crippen LogP contribution < -0.4 is 0 Å². The molecule has 1 aliphatic rings. The molecule has 0 saturated heterocycles. The van der Waals surface area contributed by atoms with Crippen molar-refractivity contribution in [3.63, 3.8) is 0 Å². The smallest absolute Gasteiger partial charge is 0.284 e. The van der Waals surface area contributed by atoms with Crippen LogP contribution in [0.3, 0.4) is 0 Å². The minimum Gasteiger partial charge on any atom is -0.408 e. The molecule has 2 heterocycles. The van der Waals surface area contributed by atoms with Crippen LogP contribution in [0.15, 0.2) is 10.5 Å². The van der Waals surface area contributed by atoms with E-state index in [4.69, 9.17) is 16.6 Å². The average Bonchev–Trinajstić information content (AvgIpc) is 2.93. The lowest BCUT2D eigenvalue weighted by atomic mass is 9.87. The summed E-state index contributed by atoms with van der Waals surface area (Å²) in [5.74, 6) is 1.47. The molecule has 0 spiro atoms. The third-order valence-electron chi connectivity index (χ3n) is 3.41. The molecule has 0 fully saturated rings. The molecule has 1 N–H and O–H groups in total. The van der Waals surface area contributed by atoms with Gasteiger partial charge in [-0.1, -0.05) is 13.3 Å². The number of hydrogen-bond acceptors (Lipinski definition) is 4. The Morgan fingerprint density at radius 2 is 2.53 bits per heavy atom. The van der Waals surface area contributed by atoms with Gasteiger partial charge in [0.05, 0.1) is 4.88 Å². The highest BCUT2D eigenvalue weighted by Crippen LogP contribution is 2.37. The summed E-state index contributed by atoms with van der Waals surface area (Å²) in [6.07, 6.45) is 4.98. The zero-order chi connectivity index (χ0) is 11.8. The number of fused-ring (bicyclic) bond motifs is 1. The minimum atomic E-state index is 0.345. The van der Waals surface area contributed by atoms with Crippen LogP contribution in [0.1, 0.15) is 30.2 Å². The van der Waals surface area contributed by atoms with Gasteiger partial charge in [-0.2, -0.15) is 0 Å². The van der Waals surface area contributed by atoms with Gasteiger partial charge in [-0.3, -0.25) is 0 Å². The fourth-order valence-electron chi connectivity index (χ4n) is 2.39. The summed E-state index contributed by atoms with van der Waals surface area (Å²) in [7, 11) is 0. The lowest BCUT2D eigenvalue weighted by Crippen LogP contribution is -2.10. The highest BCUT2D eigenvalue weighted by molar-refractivity contribution is 7.71. The summed E-state index contributed by atoms with van der Waals surface area (Å²) in [5, 5.41) is 6.76. The van der Waals surface area contributed by atoms with E-state index in [9.17, 15) is 0 Å². The van der Waals surface area contributed by atoms with Crippen LogP contribution in [0.25, 0.3) is 10.8 Å². The maximum absolute atomic E-state index is 5.36.